The minimum absolute atomic E-state index is 0.0304. The molecule has 0 aliphatic heterocycles. The first-order chi connectivity index (χ1) is 10.6. The zero-order valence-corrected chi connectivity index (χ0v) is 13.1. The average molecular weight is 316 g/mol. The lowest BCUT2D eigenvalue weighted by Crippen LogP contribution is -2.27. The van der Waals surface area contributed by atoms with Crippen LogP contribution in [0.4, 0.5) is 0 Å². The predicted molar refractivity (Wildman–Crippen MR) is 89.5 cm³/mol. The number of hydrogen-bond acceptors (Lipinski definition) is 4. The Morgan fingerprint density at radius 3 is 2.45 bits per heavy atom. The van der Waals surface area contributed by atoms with Gasteiger partial charge in [0, 0.05) is 11.4 Å². The number of benzene rings is 2. The van der Waals surface area contributed by atoms with Gasteiger partial charge < -0.3 is 16.2 Å². The van der Waals surface area contributed by atoms with Crippen LogP contribution < -0.4 is 11.1 Å². The first-order valence-electron chi connectivity index (χ1n) is 7.12. The smallest absolute Gasteiger partial charge is 0.230 e. The van der Waals surface area contributed by atoms with Gasteiger partial charge >= 0.3 is 0 Å². The highest BCUT2D eigenvalue weighted by atomic mass is 32.2. The molecule has 4 nitrogen and oxygen atoms in total. The maximum Gasteiger partial charge on any atom is 0.230 e. The van der Waals surface area contributed by atoms with E-state index in [0.717, 1.165) is 16.9 Å². The molecule has 0 radical (unpaired) electrons. The Morgan fingerprint density at radius 2 is 1.82 bits per heavy atom. The summed E-state index contributed by atoms with van der Waals surface area (Å²) in [6, 6.07) is 17.3. The van der Waals surface area contributed by atoms with Crippen molar-refractivity contribution in [1.29, 1.82) is 0 Å². The number of hydrogen-bond donors (Lipinski definition) is 3. The van der Waals surface area contributed by atoms with Crippen molar-refractivity contribution < 1.29 is 9.90 Å². The molecule has 116 valence electrons. The van der Waals surface area contributed by atoms with Gasteiger partial charge in [0.15, 0.2) is 0 Å². The summed E-state index contributed by atoms with van der Waals surface area (Å²) >= 11 is 1.53. The minimum Gasteiger partial charge on any atom is -0.375 e. The van der Waals surface area contributed by atoms with E-state index in [1.807, 2.05) is 42.5 Å². The number of carbonyl (C=O) groups excluding carboxylic acids is 1. The summed E-state index contributed by atoms with van der Waals surface area (Å²) in [7, 11) is 0. The predicted octanol–water partition coefficient (Wildman–Crippen LogP) is 2.09. The Morgan fingerprint density at radius 1 is 1.14 bits per heavy atom. The van der Waals surface area contributed by atoms with E-state index in [1.165, 1.54) is 11.8 Å². The quantitative estimate of drug-likeness (QED) is 0.540. The molecule has 22 heavy (non-hydrogen) atoms. The molecule has 0 spiro atoms. The van der Waals surface area contributed by atoms with Crippen LogP contribution in [0.5, 0.6) is 0 Å². The molecule has 0 aromatic heterocycles. The minimum atomic E-state index is -0.941. The van der Waals surface area contributed by atoms with E-state index in [-0.39, 0.29) is 5.91 Å². The van der Waals surface area contributed by atoms with Crippen LogP contribution in [0.2, 0.25) is 0 Å². The van der Waals surface area contributed by atoms with Crippen molar-refractivity contribution in [2.24, 2.45) is 5.73 Å². The maximum atomic E-state index is 11.8. The van der Waals surface area contributed by atoms with Crippen molar-refractivity contribution in [1.82, 2.24) is 5.32 Å². The Labute approximate surface area is 134 Å². The third-order valence-corrected chi connectivity index (χ3v) is 4.18. The fourth-order valence-corrected chi connectivity index (χ4v) is 2.69. The van der Waals surface area contributed by atoms with Crippen LogP contribution in [-0.4, -0.2) is 23.3 Å². The lowest BCUT2D eigenvalue weighted by Gasteiger charge is -2.07. The fraction of sp³-hybridized carbons (Fsp3) is 0.235. The molecule has 0 bridgehead atoms. The standard InChI is InChI=1S/C17H20N2O2S/c18-17(21)14-8-6-13(7-9-14)10-11-19-16(20)12-22-15-4-2-1-3-5-15/h1-9,17,21H,10-12,18H2,(H,19,20). The Balaban J connectivity index is 1.68. The van der Waals surface area contributed by atoms with Gasteiger partial charge in [-0.3, -0.25) is 4.79 Å². The number of nitrogens with two attached hydrogens (primary N) is 1. The van der Waals surface area contributed by atoms with Gasteiger partial charge in [-0.25, -0.2) is 0 Å². The third kappa shape index (κ3) is 5.52. The van der Waals surface area contributed by atoms with Crippen LogP contribution >= 0.6 is 11.8 Å². The highest BCUT2D eigenvalue weighted by Crippen LogP contribution is 2.16. The van der Waals surface area contributed by atoms with Gasteiger partial charge in [-0.05, 0) is 29.7 Å². The van der Waals surface area contributed by atoms with E-state index in [0.29, 0.717) is 17.9 Å². The van der Waals surface area contributed by atoms with Gasteiger partial charge in [0.25, 0.3) is 0 Å². The van der Waals surface area contributed by atoms with Crippen LogP contribution in [0.25, 0.3) is 0 Å². The van der Waals surface area contributed by atoms with E-state index in [2.05, 4.69) is 5.32 Å². The molecule has 1 atom stereocenters. The van der Waals surface area contributed by atoms with Gasteiger partial charge in [0.1, 0.15) is 6.23 Å². The van der Waals surface area contributed by atoms with Gasteiger partial charge in [-0.15, -0.1) is 11.8 Å². The molecule has 2 rings (SSSR count). The molecule has 0 aliphatic carbocycles. The molecule has 2 aromatic rings. The van der Waals surface area contributed by atoms with E-state index >= 15 is 0 Å². The number of rotatable bonds is 7. The van der Waals surface area contributed by atoms with Crippen LogP contribution in [-0.2, 0) is 11.2 Å². The summed E-state index contributed by atoms with van der Waals surface area (Å²) in [6.45, 7) is 0.596. The van der Waals surface area contributed by atoms with Gasteiger partial charge in [0.05, 0.1) is 5.75 Å². The number of nitrogens with one attached hydrogen (secondary N) is 1. The van der Waals surface area contributed by atoms with E-state index < -0.39 is 6.23 Å². The van der Waals surface area contributed by atoms with Crippen LogP contribution in [0.1, 0.15) is 17.4 Å². The molecular weight excluding hydrogens is 296 g/mol. The first-order valence-corrected chi connectivity index (χ1v) is 8.11. The van der Waals surface area contributed by atoms with Crippen molar-refractivity contribution >= 4 is 17.7 Å². The van der Waals surface area contributed by atoms with Crippen molar-refractivity contribution in [3.05, 3.63) is 65.7 Å². The summed E-state index contributed by atoms with van der Waals surface area (Å²) in [5.41, 5.74) is 7.17. The SMILES string of the molecule is NC(O)c1ccc(CCNC(=O)CSc2ccccc2)cc1. The van der Waals surface area contributed by atoms with Crippen molar-refractivity contribution in [3.63, 3.8) is 0 Å². The van der Waals surface area contributed by atoms with Gasteiger partial charge in [-0.1, -0.05) is 42.5 Å². The second-order valence-corrected chi connectivity index (χ2v) is 5.94. The summed E-state index contributed by atoms with van der Waals surface area (Å²) in [5.74, 6) is 0.449. The molecule has 1 unspecified atom stereocenters. The molecule has 0 saturated heterocycles. The number of thioether (sulfide) groups is 1. The molecule has 2 aromatic carbocycles. The molecular formula is C17H20N2O2S. The molecule has 5 heteroatoms. The van der Waals surface area contributed by atoms with Crippen LogP contribution in [0.15, 0.2) is 59.5 Å². The number of amides is 1. The van der Waals surface area contributed by atoms with Crippen LogP contribution in [0.3, 0.4) is 0 Å². The zero-order chi connectivity index (χ0) is 15.8. The molecule has 0 fully saturated rings. The first kappa shape index (κ1) is 16.5. The number of aliphatic hydroxyl groups is 1. The normalized spacial score (nSPS) is 11.9. The Bertz CT molecular complexity index is 585. The largest absolute Gasteiger partial charge is 0.375 e. The topological polar surface area (TPSA) is 75.3 Å². The van der Waals surface area contributed by atoms with Gasteiger partial charge in [-0.2, -0.15) is 0 Å². The van der Waals surface area contributed by atoms with E-state index in [9.17, 15) is 9.90 Å². The molecule has 0 saturated carbocycles. The molecule has 0 aliphatic rings. The molecule has 0 heterocycles. The summed E-state index contributed by atoms with van der Waals surface area (Å²) in [6.07, 6.45) is -0.188. The Hall–Kier alpha value is -1.82. The highest BCUT2D eigenvalue weighted by Gasteiger charge is 2.03. The highest BCUT2D eigenvalue weighted by molar-refractivity contribution is 8.00. The third-order valence-electron chi connectivity index (χ3n) is 3.17. The Kier molecular flexibility index (Phi) is 6.45. The summed E-state index contributed by atoms with van der Waals surface area (Å²) in [5, 5.41) is 12.1. The maximum absolute atomic E-state index is 11.8. The molecule has 1 amide bonds. The monoisotopic (exact) mass is 316 g/mol. The van der Waals surface area contributed by atoms with E-state index in [4.69, 9.17) is 5.73 Å². The van der Waals surface area contributed by atoms with Crippen molar-refractivity contribution in [2.45, 2.75) is 17.5 Å². The number of aliphatic hydroxyl groups excluding tert-OH is 1. The lowest BCUT2D eigenvalue weighted by atomic mass is 10.1. The second kappa shape index (κ2) is 8.58. The lowest BCUT2D eigenvalue weighted by molar-refractivity contribution is -0.118. The zero-order valence-electron chi connectivity index (χ0n) is 12.2. The number of carbonyl (C=O) groups is 1. The van der Waals surface area contributed by atoms with Crippen LogP contribution in [0, 0.1) is 0 Å². The van der Waals surface area contributed by atoms with Crippen molar-refractivity contribution in [3.8, 4) is 0 Å². The fourth-order valence-electron chi connectivity index (χ4n) is 1.94. The molecule has 4 N–H and O–H groups in total. The average Bonchev–Trinajstić information content (AvgIpc) is 2.54. The second-order valence-electron chi connectivity index (χ2n) is 4.89. The summed E-state index contributed by atoms with van der Waals surface area (Å²) < 4.78 is 0. The summed E-state index contributed by atoms with van der Waals surface area (Å²) in [4.78, 5) is 12.9. The van der Waals surface area contributed by atoms with Gasteiger partial charge in [0.2, 0.25) is 5.91 Å². The van der Waals surface area contributed by atoms with E-state index in [1.54, 1.807) is 12.1 Å². The van der Waals surface area contributed by atoms with Crippen molar-refractivity contribution in [2.75, 3.05) is 12.3 Å².